The molecule has 1 heterocycles. The minimum atomic E-state index is -0.697. The van der Waals surface area contributed by atoms with Gasteiger partial charge in [0.05, 0.1) is 0 Å². The fourth-order valence-corrected chi connectivity index (χ4v) is 1.99. The number of halogens is 3. The van der Waals surface area contributed by atoms with Crippen LogP contribution in [-0.4, -0.2) is 59.0 Å². The van der Waals surface area contributed by atoms with Crippen LogP contribution >= 0.6 is 36.4 Å². The van der Waals surface area contributed by atoms with Crippen molar-refractivity contribution >= 4 is 65.9 Å². The first-order chi connectivity index (χ1) is 12.2. The van der Waals surface area contributed by atoms with Crippen molar-refractivity contribution in [1.29, 1.82) is 5.41 Å². The minimum absolute atomic E-state index is 0. The number of hydrogen-bond donors (Lipinski definition) is 6. The van der Waals surface area contributed by atoms with Crippen molar-refractivity contribution in [2.45, 2.75) is 12.8 Å². The molecule has 0 unspecified atom stereocenters. The summed E-state index contributed by atoms with van der Waals surface area (Å²) in [6, 6.07) is 0. The van der Waals surface area contributed by atoms with Crippen LogP contribution in [0.2, 0.25) is 5.15 Å². The maximum Gasteiger partial charge on any atom is 0.283 e. The fourth-order valence-electron chi connectivity index (χ4n) is 1.86. The number of nitrogen functional groups attached to an aromatic ring is 2. The highest BCUT2D eigenvalue weighted by molar-refractivity contribution is 6.31. The molecule has 11 N–H and O–H groups in total. The predicted octanol–water partition coefficient (Wildman–Crippen LogP) is -0.456. The Labute approximate surface area is 179 Å². The monoisotopic (exact) mass is 458 g/mol. The molecule has 0 aromatic carbocycles. The molecule has 0 saturated heterocycles. The van der Waals surface area contributed by atoms with Gasteiger partial charge in [0.2, 0.25) is 0 Å². The van der Waals surface area contributed by atoms with Crippen molar-refractivity contribution < 1.29 is 9.53 Å². The van der Waals surface area contributed by atoms with Crippen molar-refractivity contribution in [2.75, 3.05) is 37.8 Å². The summed E-state index contributed by atoms with van der Waals surface area (Å²) in [7, 11) is 0. The molecule has 0 saturated carbocycles. The summed E-state index contributed by atoms with van der Waals surface area (Å²) in [6.45, 7) is 1.40. The highest BCUT2D eigenvalue weighted by atomic mass is 35.5. The first-order valence-corrected chi connectivity index (χ1v) is 7.99. The summed E-state index contributed by atoms with van der Waals surface area (Å²) in [5.74, 6) is -1.41. The Kier molecular flexibility index (Phi) is 13.8. The van der Waals surface area contributed by atoms with E-state index in [-0.39, 0.29) is 59.8 Å². The number of amides is 1. The van der Waals surface area contributed by atoms with Crippen LogP contribution < -0.4 is 28.7 Å². The fraction of sp³-hybridized carbons (Fsp3) is 0.462. The van der Waals surface area contributed by atoms with Gasteiger partial charge in [-0.2, -0.15) is 0 Å². The van der Waals surface area contributed by atoms with E-state index in [1.165, 1.54) is 0 Å². The van der Waals surface area contributed by atoms with Gasteiger partial charge in [0.25, 0.3) is 5.91 Å². The van der Waals surface area contributed by atoms with E-state index in [1.807, 2.05) is 0 Å². The number of carbonyl (C=O) groups is 1. The van der Waals surface area contributed by atoms with Crippen LogP contribution in [0.1, 0.15) is 23.3 Å². The largest absolute Gasteiger partial charge is 0.382 e. The van der Waals surface area contributed by atoms with E-state index < -0.39 is 11.9 Å². The second kappa shape index (κ2) is 13.8. The molecule has 1 rings (SSSR count). The molecule has 0 fully saturated rings. The maximum atomic E-state index is 12.5. The SMILES string of the molecule is Cl.Cl.N=C(N)N(CCCOCCCN=C(N)N)C(=O)c1nc(Cl)c(N)nc1N. The highest BCUT2D eigenvalue weighted by Gasteiger charge is 2.23. The molecule has 0 aliphatic rings. The van der Waals surface area contributed by atoms with Gasteiger partial charge < -0.3 is 33.4 Å². The van der Waals surface area contributed by atoms with Gasteiger partial charge in [0, 0.05) is 26.3 Å². The van der Waals surface area contributed by atoms with Crippen molar-refractivity contribution in [2.24, 2.45) is 22.2 Å². The number of nitrogens with zero attached hydrogens (tertiary/aromatic N) is 4. The molecule has 0 spiro atoms. The number of hydrogen-bond acceptors (Lipinski definition) is 8. The van der Waals surface area contributed by atoms with Crippen LogP contribution in [0.15, 0.2) is 4.99 Å². The Morgan fingerprint density at radius 2 is 1.71 bits per heavy atom. The summed E-state index contributed by atoms with van der Waals surface area (Å²) in [5, 5.41) is 7.41. The second-order valence-corrected chi connectivity index (χ2v) is 5.46. The van der Waals surface area contributed by atoms with E-state index in [9.17, 15) is 4.79 Å². The van der Waals surface area contributed by atoms with Crippen molar-refractivity contribution in [3.63, 3.8) is 0 Å². The zero-order valence-electron chi connectivity index (χ0n) is 14.9. The van der Waals surface area contributed by atoms with Gasteiger partial charge in [-0.15, -0.1) is 24.8 Å². The molecule has 1 amide bonds. The van der Waals surface area contributed by atoms with Gasteiger partial charge in [-0.3, -0.25) is 20.1 Å². The lowest BCUT2D eigenvalue weighted by Gasteiger charge is -2.20. The highest BCUT2D eigenvalue weighted by Crippen LogP contribution is 2.18. The lowest BCUT2D eigenvalue weighted by molar-refractivity contribution is 0.0814. The summed E-state index contributed by atoms with van der Waals surface area (Å²) in [6.07, 6.45) is 1.09. The van der Waals surface area contributed by atoms with Crippen LogP contribution in [0.3, 0.4) is 0 Å². The zero-order valence-corrected chi connectivity index (χ0v) is 17.3. The molecule has 0 radical (unpaired) electrons. The first kappa shape index (κ1) is 27.9. The Morgan fingerprint density at radius 3 is 2.29 bits per heavy atom. The van der Waals surface area contributed by atoms with E-state index >= 15 is 0 Å². The van der Waals surface area contributed by atoms with E-state index in [4.69, 9.17) is 50.4 Å². The van der Waals surface area contributed by atoms with E-state index in [0.717, 1.165) is 4.90 Å². The number of ether oxygens (including phenoxy) is 1. The van der Waals surface area contributed by atoms with Crippen molar-refractivity contribution in [1.82, 2.24) is 14.9 Å². The van der Waals surface area contributed by atoms with Gasteiger partial charge in [-0.25, -0.2) is 9.97 Å². The molecule has 0 aliphatic heterocycles. The summed E-state index contributed by atoms with van der Waals surface area (Å²) < 4.78 is 5.40. The molecule has 28 heavy (non-hydrogen) atoms. The van der Waals surface area contributed by atoms with Crippen LogP contribution in [0, 0.1) is 5.41 Å². The predicted molar refractivity (Wildman–Crippen MR) is 114 cm³/mol. The molecule has 0 aliphatic carbocycles. The summed E-state index contributed by atoms with van der Waals surface area (Å²) in [4.78, 5) is 24.9. The summed E-state index contributed by atoms with van der Waals surface area (Å²) >= 11 is 5.77. The van der Waals surface area contributed by atoms with Crippen molar-refractivity contribution in [3.05, 3.63) is 10.8 Å². The summed E-state index contributed by atoms with van der Waals surface area (Å²) in [5.41, 5.74) is 26.8. The van der Waals surface area contributed by atoms with E-state index in [2.05, 4.69) is 15.0 Å². The third-order valence-corrected chi connectivity index (χ3v) is 3.33. The Hall–Kier alpha value is -2.28. The van der Waals surface area contributed by atoms with Crippen LogP contribution in [-0.2, 0) is 4.74 Å². The minimum Gasteiger partial charge on any atom is -0.382 e. The Balaban J connectivity index is 0. The van der Waals surface area contributed by atoms with Crippen LogP contribution in [0.25, 0.3) is 0 Å². The molecule has 160 valence electrons. The lowest BCUT2D eigenvalue weighted by atomic mass is 10.3. The standard InChI is InChI=1S/C13H23ClN10O2.2ClH/c14-8-10(16)23-9(15)7(22-8)11(25)24(13(19)20)4-2-6-26-5-1-3-21-12(17)18;;/h1-6H2,(H3,19,20)(H4,15,16,23)(H4,17,18,21);2*1H. The number of aromatic nitrogens is 2. The average Bonchev–Trinajstić information content (AvgIpc) is 2.55. The topological polar surface area (TPSA) is 222 Å². The number of nitrogens with one attached hydrogen (secondary N) is 1. The second-order valence-electron chi connectivity index (χ2n) is 5.10. The van der Waals surface area contributed by atoms with E-state index in [0.29, 0.717) is 32.6 Å². The molecule has 12 nitrogen and oxygen atoms in total. The number of guanidine groups is 2. The first-order valence-electron chi connectivity index (χ1n) is 7.61. The zero-order chi connectivity index (χ0) is 19.7. The number of aliphatic imine (C=N–C) groups is 1. The smallest absolute Gasteiger partial charge is 0.283 e. The third kappa shape index (κ3) is 9.08. The number of rotatable bonds is 9. The number of nitrogens with two attached hydrogens (primary N) is 5. The molecule has 0 atom stereocenters. The van der Waals surface area contributed by atoms with Gasteiger partial charge in [0.15, 0.2) is 34.4 Å². The Bertz CT molecular complexity index is 685. The lowest BCUT2D eigenvalue weighted by Crippen LogP contribution is -2.43. The van der Waals surface area contributed by atoms with Crippen LogP contribution in [0.5, 0.6) is 0 Å². The normalized spacial score (nSPS) is 9.61. The van der Waals surface area contributed by atoms with E-state index in [1.54, 1.807) is 0 Å². The van der Waals surface area contributed by atoms with Gasteiger partial charge >= 0.3 is 0 Å². The molecule has 1 aromatic rings. The maximum absolute atomic E-state index is 12.5. The quantitative estimate of drug-likeness (QED) is 0.159. The molecular weight excluding hydrogens is 435 g/mol. The average molecular weight is 460 g/mol. The third-order valence-electron chi connectivity index (χ3n) is 3.05. The molecular formula is C13H25Cl3N10O2. The number of anilines is 2. The number of carbonyl (C=O) groups excluding carboxylic acids is 1. The van der Waals surface area contributed by atoms with Crippen molar-refractivity contribution in [3.8, 4) is 0 Å². The molecule has 15 heteroatoms. The Morgan fingerprint density at radius 1 is 1.11 bits per heavy atom. The van der Waals surface area contributed by atoms with Gasteiger partial charge in [-0.05, 0) is 12.8 Å². The van der Waals surface area contributed by atoms with Crippen LogP contribution in [0.4, 0.5) is 11.6 Å². The van der Waals surface area contributed by atoms with Gasteiger partial charge in [0.1, 0.15) is 0 Å². The molecule has 0 bridgehead atoms. The molecule has 1 aromatic heterocycles. The van der Waals surface area contributed by atoms with Gasteiger partial charge in [-0.1, -0.05) is 11.6 Å².